The number of nitrogens with zero attached hydrogens (tertiary/aromatic N) is 2. The first-order chi connectivity index (χ1) is 8.16. The Labute approximate surface area is 97.7 Å². The quantitative estimate of drug-likeness (QED) is 0.875. The molecule has 0 amide bonds. The van der Waals surface area contributed by atoms with E-state index in [-0.39, 0.29) is 17.2 Å². The normalized spacial score (nSPS) is 9.94. The van der Waals surface area contributed by atoms with Crippen LogP contribution < -0.4 is 4.74 Å². The number of hydrogen-bond donors (Lipinski definition) is 1. The van der Waals surface area contributed by atoms with Gasteiger partial charge in [-0.25, -0.2) is 9.78 Å². The van der Waals surface area contributed by atoms with Gasteiger partial charge in [0.15, 0.2) is 0 Å². The molecule has 2 aromatic rings. The van der Waals surface area contributed by atoms with E-state index in [0.717, 1.165) is 5.56 Å². The first-order valence-electron chi connectivity index (χ1n) is 4.94. The highest BCUT2D eigenvalue weighted by Gasteiger charge is 2.12. The smallest absolute Gasteiger partial charge is 0.339 e. The fourth-order valence-corrected chi connectivity index (χ4v) is 1.35. The van der Waals surface area contributed by atoms with E-state index >= 15 is 0 Å². The fourth-order valence-electron chi connectivity index (χ4n) is 1.35. The molecule has 0 aliphatic rings. The van der Waals surface area contributed by atoms with Crippen LogP contribution in [0, 0.1) is 6.92 Å². The lowest BCUT2D eigenvalue weighted by Gasteiger charge is -2.07. The molecule has 5 nitrogen and oxygen atoms in total. The molecule has 0 atom stereocenters. The van der Waals surface area contributed by atoms with Gasteiger partial charge >= 0.3 is 5.97 Å². The molecular weight excluding hydrogens is 220 g/mol. The molecule has 0 radical (unpaired) electrons. The van der Waals surface area contributed by atoms with Crippen LogP contribution in [-0.2, 0) is 0 Å². The zero-order chi connectivity index (χ0) is 12.3. The minimum absolute atomic E-state index is 0.107. The topological polar surface area (TPSA) is 72.3 Å². The Morgan fingerprint density at radius 1 is 1.35 bits per heavy atom. The van der Waals surface area contributed by atoms with Gasteiger partial charge in [-0.1, -0.05) is 11.6 Å². The van der Waals surface area contributed by atoms with Crippen molar-refractivity contribution >= 4 is 5.97 Å². The van der Waals surface area contributed by atoms with Crippen molar-refractivity contribution in [1.82, 2.24) is 9.97 Å². The molecule has 0 unspecified atom stereocenters. The summed E-state index contributed by atoms with van der Waals surface area (Å²) < 4.78 is 5.37. The maximum atomic E-state index is 11.0. The molecule has 0 bridgehead atoms. The lowest BCUT2D eigenvalue weighted by atomic mass is 10.1. The van der Waals surface area contributed by atoms with Crippen LogP contribution in [0.2, 0.25) is 0 Å². The van der Waals surface area contributed by atoms with Gasteiger partial charge in [0.25, 0.3) is 0 Å². The number of carboxylic acids is 1. The Kier molecular flexibility index (Phi) is 3.00. The molecule has 5 heteroatoms. The Morgan fingerprint density at radius 3 is 2.82 bits per heavy atom. The van der Waals surface area contributed by atoms with E-state index in [9.17, 15) is 4.79 Å². The van der Waals surface area contributed by atoms with Crippen molar-refractivity contribution in [3.63, 3.8) is 0 Å². The summed E-state index contributed by atoms with van der Waals surface area (Å²) in [7, 11) is 0. The third-order valence-corrected chi connectivity index (χ3v) is 2.12. The molecule has 2 rings (SSSR count). The van der Waals surface area contributed by atoms with Gasteiger partial charge in [-0.2, -0.15) is 0 Å². The van der Waals surface area contributed by atoms with Gasteiger partial charge in [0.1, 0.15) is 11.3 Å². The SMILES string of the molecule is Cc1ccc(Oc2cnccn2)c(C(=O)O)c1. The lowest BCUT2D eigenvalue weighted by Crippen LogP contribution is -2.01. The first kappa shape index (κ1) is 11.1. The van der Waals surface area contributed by atoms with E-state index in [4.69, 9.17) is 9.84 Å². The van der Waals surface area contributed by atoms with Gasteiger partial charge < -0.3 is 9.84 Å². The van der Waals surface area contributed by atoms with Crippen LogP contribution in [0.1, 0.15) is 15.9 Å². The minimum Gasteiger partial charge on any atom is -0.478 e. The van der Waals surface area contributed by atoms with E-state index in [0.29, 0.717) is 0 Å². The molecule has 1 aromatic heterocycles. The summed E-state index contributed by atoms with van der Waals surface area (Å²) in [5, 5.41) is 9.05. The minimum atomic E-state index is -1.03. The number of hydrogen-bond acceptors (Lipinski definition) is 4. The van der Waals surface area contributed by atoms with Gasteiger partial charge in [-0.05, 0) is 19.1 Å². The second-order valence-electron chi connectivity index (χ2n) is 3.45. The number of rotatable bonds is 3. The van der Waals surface area contributed by atoms with E-state index < -0.39 is 5.97 Å². The number of carboxylic acid groups (broad SMARTS) is 1. The molecule has 0 aliphatic carbocycles. The Balaban J connectivity index is 2.36. The molecule has 0 saturated carbocycles. The summed E-state index contributed by atoms with van der Waals surface area (Å²) in [6, 6.07) is 4.93. The van der Waals surface area contributed by atoms with Gasteiger partial charge in [-0.15, -0.1) is 0 Å². The van der Waals surface area contributed by atoms with Crippen molar-refractivity contribution in [2.75, 3.05) is 0 Å². The molecule has 0 fully saturated rings. The summed E-state index contributed by atoms with van der Waals surface area (Å²) in [5.41, 5.74) is 0.963. The predicted octanol–water partition coefficient (Wildman–Crippen LogP) is 2.28. The summed E-state index contributed by atoms with van der Waals surface area (Å²) in [5.74, 6) is -0.518. The Morgan fingerprint density at radius 2 is 2.18 bits per heavy atom. The molecule has 17 heavy (non-hydrogen) atoms. The summed E-state index contributed by atoms with van der Waals surface area (Å²) in [4.78, 5) is 18.8. The second-order valence-corrected chi connectivity index (χ2v) is 3.45. The van der Waals surface area contributed by atoms with Gasteiger partial charge in [-0.3, -0.25) is 4.98 Å². The predicted molar refractivity (Wildman–Crippen MR) is 60.2 cm³/mol. The van der Waals surface area contributed by atoms with Gasteiger partial charge in [0.05, 0.1) is 6.20 Å². The fraction of sp³-hybridized carbons (Fsp3) is 0.0833. The molecular formula is C12H10N2O3. The highest BCUT2D eigenvalue weighted by atomic mass is 16.5. The van der Waals surface area contributed by atoms with Crippen LogP contribution in [0.25, 0.3) is 0 Å². The van der Waals surface area contributed by atoms with Crippen molar-refractivity contribution in [1.29, 1.82) is 0 Å². The highest BCUT2D eigenvalue weighted by molar-refractivity contribution is 5.91. The molecule has 0 spiro atoms. The number of benzene rings is 1. The van der Waals surface area contributed by atoms with Crippen molar-refractivity contribution < 1.29 is 14.6 Å². The van der Waals surface area contributed by atoms with E-state index in [1.165, 1.54) is 18.6 Å². The second kappa shape index (κ2) is 4.61. The number of aromatic nitrogens is 2. The monoisotopic (exact) mass is 230 g/mol. The van der Waals surface area contributed by atoms with Crippen LogP contribution in [0.4, 0.5) is 0 Å². The largest absolute Gasteiger partial charge is 0.478 e. The highest BCUT2D eigenvalue weighted by Crippen LogP contribution is 2.24. The average molecular weight is 230 g/mol. The zero-order valence-corrected chi connectivity index (χ0v) is 9.12. The standard InChI is InChI=1S/C12H10N2O3/c1-8-2-3-10(9(6-8)12(15)16)17-11-7-13-4-5-14-11/h2-7H,1H3,(H,15,16). The molecule has 1 heterocycles. The molecule has 0 aliphatic heterocycles. The number of aryl methyl sites for hydroxylation is 1. The Hall–Kier alpha value is -2.43. The number of ether oxygens (including phenoxy) is 1. The van der Waals surface area contributed by atoms with Crippen molar-refractivity contribution in [2.24, 2.45) is 0 Å². The third kappa shape index (κ3) is 2.57. The Bertz CT molecular complexity index is 541. The summed E-state index contributed by atoms with van der Waals surface area (Å²) in [6.45, 7) is 1.82. The molecule has 86 valence electrons. The maximum Gasteiger partial charge on any atom is 0.339 e. The van der Waals surface area contributed by atoms with Crippen LogP contribution in [-0.4, -0.2) is 21.0 Å². The summed E-state index contributed by atoms with van der Waals surface area (Å²) >= 11 is 0. The van der Waals surface area contributed by atoms with Gasteiger partial charge in [0.2, 0.25) is 5.88 Å². The van der Waals surface area contributed by atoms with Crippen LogP contribution in [0.3, 0.4) is 0 Å². The maximum absolute atomic E-state index is 11.0. The average Bonchev–Trinajstić information content (AvgIpc) is 2.32. The van der Waals surface area contributed by atoms with E-state index in [1.807, 2.05) is 6.92 Å². The third-order valence-electron chi connectivity index (χ3n) is 2.12. The molecule has 1 aromatic carbocycles. The lowest BCUT2D eigenvalue weighted by molar-refractivity contribution is 0.0694. The van der Waals surface area contributed by atoms with Crippen molar-refractivity contribution in [3.8, 4) is 11.6 Å². The van der Waals surface area contributed by atoms with Crippen LogP contribution >= 0.6 is 0 Å². The van der Waals surface area contributed by atoms with E-state index in [2.05, 4.69) is 9.97 Å². The van der Waals surface area contributed by atoms with Crippen molar-refractivity contribution in [3.05, 3.63) is 47.9 Å². The molecule has 0 saturated heterocycles. The van der Waals surface area contributed by atoms with E-state index in [1.54, 1.807) is 18.2 Å². The summed E-state index contributed by atoms with van der Waals surface area (Å²) in [6.07, 6.45) is 4.41. The van der Waals surface area contributed by atoms with Crippen LogP contribution in [0.5, 0.6) is 11.6 Å². The number of carbonyl (C=O) groups is 1. The zero-order valence-electron chi connectivity index (χ0n) is 9.12. The first-order valence-corrected chi connectivity index (χ1v) is 4.94. The number of aromatic carboxylic acids is 1. The van der Waals surface area contributed by atoms with Gasteiger partial charge in [0, 0.05) is 12.4 Å². The molecule has 1 N–H and O–H groups in total. The van der Waals surface area contributed by atoms with Crippen molar-refractivity contribution in [2.45, 2.75) is 6.92 Å². The van der Waals surface area contributed by atoms with Crippen LogP contribution in [0.15, 0.2) is 36.8 Å².